The van der Waals surface area contributed by atoms with Crippen LogP contribution in [-0.4, -0.2) is 18.8 Å². The molecule has 3 nitrogen and oxygen atoms in total. The molecule has 1 unspecified atom stereocenters. The van der Waals surface area contributed by atoms with Gasteiger partial charge in [0.25, 0.3) is 0 Å². The number of ether oxygens (including phenoxy) is 1. The third kappa shape index (κ3) is 2.24. The fourth-order valence-electron chi connectivity index (χ4n) is 1.95. The number of hydrogen-bond donors (Lipinski definition) is 0. The number of alkyl halides is 4. The SMILES string of the molecule is C=CCCN1C(=O)OC(Cl)(C(F)(F)F)c2ccccc21. The van der Waals surface area contributed by atoms with E-state index in [-0.39, 0.29) is 17.8 Å². The maximum Gasteiger partial charge on any atom is 0.448 e. The third-order valence-electron chi connectivity index (χ3n) is 2.91. The van der Waals surface area contributed by atoms with Gasteiger partial charge in [-0.25, -0.2) is 4.79 Å². The second-order valence-electron chi connectivity index (χ2n) is 4.21. The lowest BCUT2D eigenvalue weighted by molar-refractivity contribution is -0.228. The molecule has 1 aromatic carbocycles. The van der Waals surface area contributed by atoms with Crippen molar-refractivity contribution in [3.63, 3.8) is 0 Å². The van der Waals surface area contributed by atoms with E-state index >= 15 is 0 Å². The van der Waals surface area contributed by atoms with Crippen molar-refractivity contribution >= 4 is 23.4 Å². The Bertz CT molecular complexity index is 547. The summed E-state index contributed by atoms with van der Waals surface area (Å²) in [6, 6.07) is 5.55. The molecular formula is C13H11ClF3NO2. The van der Waals surface area contributed by atoms with E-state index in [2.05, 4.69) is 11.3 Å². The number of cyclic esters (lactones) is 1. The highest BCUT2D eigenvalue weighted by Crippen LogP contribution is 2.51. The first-order valence-corrected chi connectivity index (χ1v) is 6.15. The van der Waals surface area contributed by atoms with E-state index in [0.717, 1.165) is 4.90 Å². The lowest BCUT2D eigenvalue weighted by atomic mass is 10.0. The molecule has 20 heavy (non-hydrogen) atoms. The number of halogens is 4. The number of benzene rings is 1. The normalized spacial score (nSPS) is 22.2. The maximum atomic E-state index is 13.1. The van der Waals surface area contributed by atoms with Crippen molar-refractivity contribution in [2.45, 2.75) is 17.7 Å². The molecule has 0 aliphatic carbocycles. The minimum Gasteiger partial charge on any atom is -0.412 e. The number of rotatable bonds is 3. The summed E-state index contributed by atoms with van der Waals surface area (Å²) in [7, 11) is 0. The number of amides is 1. The Morgan fingerprint density at radius 2 is 2.05 bits per heavy atom. The lowest BCUT2D eigenvalue weighted by Gasteiger charge is -2.39. The monoisotopic (exact) mass is 305 g/mol. The smallest absolute Gasteiger partial charge is 0.412 e. The summed E-state index contributed by atoms with van der Waals surface area (Å²) in [6.07, 6.45) is -4.06. The highest BCUT2D eigenvalue weighted by molar-refractivity contribution is 6.25. The van der Waals surface area contributed by atoms with E-state index in [1.807, 2.05) is 0 Å². The van der Waals surface area contributed by atoms with E-state index in [1.165, 1.54) is 24.3 Å². The molecule has 0 N–H and O–H groups in total. The number of carbonyl (C=O) groups excluding carboxylic acids is 1. The molecule has 1 aliphatic rings. The molecule has 1 heterocycles. The Kier molecular flexibility index (Phi) is 3.69. The Labute approximate surface area is 118 Å². The van der Waals surface area contributed by atoms with Crippen molar-refractivity contribution in [1.29, 1.82) is 0 Å². The van der Waals surface area contributed by atoms with Gasteiger partial charge in [0.15, 0.2) is 0 Å². The van der Waals surface area contributed by atoms with Gasteiger partial charge in [-0.05, 0) is 12.5 Å². The summed E-state index contributed by atoms with van der Waals surface area (Å²) in [4.78, 5) is 12.9. The standard InChI is InChI=1S/C13H11ClF3NO2/c1-2-3-8-18-10-7-5-4-6-9(10)12(14,13(15,16)17)20-11(18)19/h2,4-7H,1,3,8H2. The average Bonchev–Trinajstić information content (AvgIpc) is 2.37. The van der Waals surface area contributed by atoms with Crippen LogP contribution in [0.1, 0.15) is 12.0 Å². The van der Waals surface area contributed by atoms with Crippen molar-refractivity contribution in [2.24, 2.45) is 0 Å². The number of carbonyl (C=O) groups is 1. The number of hydrogen-bond acceptors (Lipinski definition) is 2. The van der Waals surface area contributed by atoms with Crippen LogP contribution >= 0.6 is 11.6 Å². The molecule has 1 amide bonds. The number of fused-ring (bicyclic) bond motifs is 1. The molecule has 0 bridgehead atoms. The van der Waals surface area contributed by atoms with Crippen LogP contribution < -0.4 is 4.90 Å². The molecule has 1 aliphatic heterocycles. The number of anilines is 1. The van der Waals surface area contributed by atoms with Crippen LogP contribution in [0.4, 0.5) is 23.7 Å². The molecule has 0 aromatic heterocycles. The topological polar surface area (TPSA) is 29.5 Å². The van der Waals surface area contributed by atoms with Gasteiger partial charge in [-0.2, -0.15) is 13.2 Å². The van der Waals surface area contributed by atoms with Gasteiger partial charge in [0.1, 0.15) is 0 Å². The van der Waals surface area contributed by atoms with Crippen LogP contribution in [0.15, 0.2) is 36.9 Å². The highest BCUT2D eigenvalue weighted by Gasteiger charge is 2.62. The van der Waals surface area contributed by atoms with E-state index in [1.54, 1.807) is 6.08 Å². The van der Waals surface area contributed by atoms with Crippen LogP contribution in [0.2, 0.25) is 0 Å². The summed E-state index contributed by atoms with van der Waals surface area (Å²) >= 11 is 5.56. The zero-order valence-corrected chi connectivity index (χ0v) is 11.0. The Morgan fingerprint density at radius 3 is 2.65 bits per heavy atom. The summed E-state index contributed by atoms with van der Waals surface area (Å²) in [6.45, 7) is 3.68. The van der Waals surface area contributed by atoms with Crippen molar-refractivity contribution in [1.82, 2.24) is 0 Å². The van der Waals surface area contributed by atoms with Gasteiger partial charge >= 0.3 is 17.3 Å². The average molecular weight is 306 g/mol. The molecule has 0 spiro atoms. The van der Waals surface area contributed by atoms with Gasteiger partial charge < -0.3 is 4.74 Å². The van der Waals surface area contributed by atoms with Crippen LogP contribution in [0.3, 0.4) is 0 Å². The summed E-state index contributed by atoms with van der Waals surface area (Å²) < 4.78 is 43.8. The third-order valence-corrected chi connectivity index (χ3v) is 3.41. The first kappa shape index (κ1) is 14.7. The van der Waals surface area contributed by atoms with Gasteiger partial charge in [0, 0.05) is 12.1 Å². The zero-order valence-electron chi connectivity index (χ0n) is 10.3. The van der Waals surface area contributed by atoms with Crippen LogP contribution in [0, 0.1) is 0 Å². The summed E-state index contributed by atoms with van der Waals surface area (Å²) in [5, 5.41) is -3.15. The largest absolute Gasteiger partial charge is 0.448 e. The van der Waals surface area contributed by atoms with Gasteiger partial charge in [0.05, 0.1) is 5.69 Å². The first-order chi connectivity index (χ1) is 9.31. The minimum absolute atomic E-state index is 0.0953. The predicted octanol–water partition coefficient (Wildman–Crippen LogP) is 4.17. The van der Waals surface area contributed by atoms with Gasteiger partial charge in [-0.1, -0.05) is 35.9 Å². The zero-order chi connectivity index (χ0) is 15.0. The van der Waals surface area contributed by atoms with Gasteiger partial charge in [0.2, 0.25) is 0 Å². The molecule has 0 fully saturated rings. The Morgan fingerprint density at radius 1 is 1.40 bits per heavy atom. The summed E-state index contributed by atoms with van der Waals surface area (Å²) in [5.41, 5.74) is -0.198. The quantitative estimate of drug-likeness (QED) is 0.619. The van der Waals surface area contributed by atoms with Crippen molar-refractivity contribution in [3.05, 3.63) is 42.5 Å². The molecular weight excluding hydrogens is 295 g/mol. The molecule has 2 rings (SSSR count). The van der Waals surface area contributed by atoms with Gasteiger partial charge in [-0.3, -0.25) is 4.90 Å². The highest BCUT2D eigenvalue weighted by atomic mass is 35.5. The van der Waals surface area contributed by atoms with Crippen LogP contribution in [0.25, 0.3) is 0 Å². The van der Waals surface area contributed by atoms with E-state index in [9.17, 15) is 18.0 Å². The minimum atomic E-state index is -4.91. The molecule has 0 saturated heterocycles. The molecule has 7 heteroatoms. The molecule has 1 atom stereocenters. The second-order valence-corrected chi connectivity index (χ2v) is 4.74. The van der Waals surface area contributed by atoms with Crippen molar-refractivity contribution in [2.75, 3.05) is 11.4 Å². The summed E-state index contributed by atoms with van der Waals surface area (Å²) in [5.74, 6) is 0. The fraction of sp³-hybridized carbons (Fsp3) is 0.308. The predicted molar refractivity (Wildman–Crippen MR) is 68.7 cm³/mol. The lowest BCUT2D eigenvalue weighted by Crippen LogP contribution is -2.50. The maximum absolute atomic E-state index is 13.1. The Hall–Kier alpha value is -1.69. The second kappa shape index (κ2) is 5.01. The van der Waals surface area contributed by atoms with Crippen molar-refractivity contribution < 1.29 is 22.7 Å². The Balaban J connectivity index is 2.54. The van der Waals surface area contributed by atoms with Gasteiger partial charge in [-0.15, -0.1) is 6.58 Å². The molecule has 1 aromatic rings. The fourth-order valence-corrected chi connectivity index (χ4v) is 2.18. The van der Waals surface area contributed by atoms with Crippen LogP contribution in [0.5, 0.6) is 0 Å². The van der Waals surface area contributed by atoms with E-state index in [0.29, 0.717) is 6.42 Å². The van der Waals surface area contributed by atoms with E-state index in [4.69, 9.17) is 11.6 Å². The number of nitrogens with zero attached hydrogens (tertiary/aromatic N) is 1. The molecule has 0 radical (unpaired) electrons. The molecule has 0 saturated carbocycles. The number of para-hydroxylation sites is 1. The molecule has 108 valence electrons. The first-order valence-electron chi connectivity index (χ1n) is 5.78. The van der Waals surface area contributed by atoms with Crippen molar-refractivity contribution in [3.8, 4) is 0 Å². The van der Waals surface area contributed by atoms with E-state index < -0.39 is 17.3 Å². The van der Waals surface area contributed by atoms with Crippen LogP contribution in [-0.2, 0) is 9.80 Å².